The summed E-state index contributed by atoms with van der Waals surface area (Å²) in [6.07, 6.45) is 27.5. The van der Waals surface area contributed by atoms with Crippen molar-refractivity contribution in [2.24, 2.45) is 22.7 Å². The van der Waals surface area contributed by atoms with Crippen LogP contribution in [0.2, 0.25) is 0 Å². The molecule has 0 amide bonds. The van der Waals surface area contributed by atoms with E-state index in [4.69, 9.17) is 25.5 Å². The Morgan fingerprint density at radius 1 is 0.445 bits per heavy atom. The van der Waals surface area contributed by atoms with Gasteiger partial charge in [0.2, 0.25) is 6.54 Å². The average molecular weight is 1560 g/mol. The van der Waals surface area contributed by atoms with Crippen LogP contribution < -0.4 is 5.32 Å². The molecule has 13 heterocycles. The average Bonchev–Trinajstić information content (AvgIpc) is 1.64. The van der Waals surface area contributed by atoms with E-state index in [1.807, 2.05) is 0 Å². The predicted octanol–water partition coefficient (Wildman–Crippen LogP) is 13.5. The summed E-state index contributed by atoms with van der Waals surface area (Å²) in [4.78, 5) is 26.9. The Morgan fingerprint density at radius 2 is 0.882 bits per heavy atom. The first-order valence-corrected chi connectivity index (χ1v) is 45.7. The van der Waals surface area contributed by atoms with Crippen LogP contribution in [-0.2, 0) is 31.8 Å². The minimum atomic E-state index is 0.271. The number of hydrogen-bond acceptors (Lipinski definition) is 19. The van der Waals surface area contributed by atoms with Crippen molar-refractivity contribution in [1.82, 2.24) is 79.4 Å². The molecule has 21 nitrogen and oxygen atoms in total. The maximum absolute atomic E-state index is 6.71. The van der Waals surface area contributed by atoms with Gasteiger partial charge in [0.05, 0.1) is 49.3 Å². The van der Waals surface area contributed by atoms with E-state index in [-0.39, 0.29) is 10.8 Å². The zero-order chi connectivity index (χ0) is 79.5. The third kappa shape index (κ3) is 33.5. The molecule has 634 valence electrons. The summed E-state index contributed by atoms with van der Waals surface area (Å²) in [5.41, 5.74) is 4.14. The minimum Gasteiger partial charge on any atom is -0.381 e. The first kappa shape index (κ1) is 93.1. The highest BCUT2D eigenvalue weighted by molar-refractivity contribution is 7.99. The van der Waals surface area contributed by atoms with Crippen molar-refractivity contribution in [3.63, 3.8) is 0 Å². The third-order valence-electron chi connectivity index (χ3n) is 25.6. The summed E-state index contributed by atoms with van der Waals surface area (Å²) < 4.78 is 25.9. The van der Waals surface area contributed by atoms with Crippen molar-refractivity contribution >= 4 is 11.8 Å². The van der Waals surface area contributed by atoms with Gasteiger partial charge in [0.15, 0.2) is 0 Å². The van der Waals surface area contributed by atoms with Gasteiger partial charge in [-0.25, -0.2) is 15.9 Å². The monoisotopic (exact) mass is 1560 g/mol. The van der Waals surface area contributed by atoms with E-state index in [2.05, 4.69) is 240 Å². The van der Waals surface area contributed by atoms with E-state index in [1.165, 1.54) is 219 Å². The van der Waals surface area contributed by atoms with Gasteiger partial charge in [0.25, 0.3) is 0 Å². The molecule has 13 rings (SSSR count). The first-order valence-electron chi connectivity index (χ1n) is 44.6. The van der Waals surface area contributed by atoms with Gasteiger partial charge >= 0.3 is 0 Å². The third-order valence-corrected chi connectivity index (χ3v) is 26.6. The number of nitrogens with one attached hydrogen (secondary N) is 1. The van der Waals surface area contributed by atoms with Gasteiger partial charge in [0, 0.05) is 214 Å². The molecule has 0 saturated carbocycles. The van der Waals surface area contributed by atoms with Crippen molar-refractivity contribution < 1.29 is 18.9 Å². The zero-order valence-corrected chi connectivity index (χ0v) is 75.0. The van der Waals surface area contributed by atoms with Gasteiger partial charge < -0.3 is 43.8 Å². The normalized spacial score (nSPS) is 24.4. The standard InChI is InChI=1S/C17H30N4O.C16H28N4O.C15H30N2S.C14H28N2O.C13H25N3.C13H26N2O/c1-17(2,3)12-14-13-21(19-18-14)16-4-8-20(9-5-16)15-6-10-22-11-7-15;1-16(2,3)10-13-11-20(18-17-13)14-4-7-19(8-5-14)15-6-9-21-12-15;1-15(2,3)17-8-5-14(6-9-17)4-7-16-10-12-18-13-11-16;1-14(2,3)16-8-6-15(7-9-16)12-13-4-10-17-11-5-13;1-13(2,3)16-10-6-12(7-11-16)15-9-5-8-14-4;1-13(2,3)15-7-5-11(6-8-15)14(4)12-9-16-10-12/h13,15-16H,4-12H2,1-3H3;11,14-15H,4-10,12H2,1-3H3;14H,4-13H2,1-3H3;13H,4-12H2,1-3H3;12,15H,5-11H2,1-3H3;11-12H,5-10H2,1-4H3. The van der Waals surface area contributed by atoms with E-state index < -0.39 is 0 Å². The number of thioether (sulfide) groups is 1. The second-order valence-corrected chi connectivity index (χ2v) is 42.2. The van der Waals surface area contributed by atoms with Crippen LogP contribution in [0.5, 0.6) is 0 Å². The predicted molar refractivity (Wildman–Crippen MR) is 458 cm³/mol. The van der Waals surface area contributed by atoms with Gasteiger partial charge in [-0.1, -0.05) is 52.0 Å². The highest BCUT2D eigenvalue weighted by atomic mass is 32.2. The van der Waals surface area contributed by atoms with Crippen molar-refractivity contribution in [3.8, 4) is 0 Å². The number of nitrogens with zero attached hydrogens (tertiary/aromatic N) is 16. The van der Waals surface area contributed by atoms with E-state index in [9.17, 15) is 0 Å². The minimum absolute atomic E-state index is 0.271. The fraction of sp³-hybridized carbons (Fsp3) is 0.943. The van der Waals surface area contributed by atoms with Crippen LogP contribution in [0.4, 0.5) is 0 Å². The molecule has 11 fully saturated rings. The van der Waals surface area contributed by atoms with Crippen LogP contribution >= 0.6 is 11.8 Å². The molecular formula is C88H167N17O4S. The summed E-state index contributed by atoms with van der Waals surface area (Å²) in [6, 6.07) is 4.56. The largest absolute Gasteiger partial charge is 0.381 e. The van der Waals surface area contributed by atoms with Crippen LogP contribution in [0.3, 0.4) is 0 Å². The number of likely N-dealkylation sites (N-methyl/N-ethyl adjacent to an activating group) is 1. The Hall–Kier alpha value is -2.44. The number of likely N-dealkylation sites (tertiary alicyclic amines) is 5. The lowest BCUT2D eigenvalue weighted by Gasteiger charge is -2.46. The molecule has 0 aromatic carbocycles. The maximum Gasteiger partial charge on any atom is 0.215 e. The van der Waals surface area contributed by atoms with Gasteiger partial charge in [-0.15, -0.1) is 10.2 Å². The molecule has 1 atom stereocenters. The topological polar surface area (TPSA) is 144 Å². The summed E-state index contributed by atoms with van der Waals surface area (Å²) in [5.74, 6) is 4.56. The molecule has 0 aliphatic carbocycles. The van der Waals surface area contributed by atoms with Gasteiger partial charge in [-0.3, -0.25) is 29.4 Å². The molecule has 110 heavy (non-hydrogen) atoms. The van der Waals surface area contributed by atoms with Crippen LogP contribution in [0.25, 0.3) is 4.85 Å². The SMILES string of the molecule is CC(C)(C)Cc1cn(C2CCN(C3CCOC3)CC2)nn1.CC(C)(C)Cc1cn(C2CCN(C3CCOCC3)CC2)nn1.CC(C)(C)N1CCC(CCN2CCSCC2)CC1.CC(C)(C)N1CCN(CC2CCOCC2)CC1.CN(C1CCN(C(C)(C)C)CC1)C1COC1.[C-]#[N+]CCCNC1CCN(C(C)(C)C)CC1. The molecule has 2 aromatic heterocycles. The van der Waals surface area contributed by atoms with Crippen LogP contribution in [-0.4, -0.2) is 329 Å². The molecule has 1 unspecified atom stereocenters. The van der Waals surface area contributed by atoms with Crippen molar-refractivity contribution in [3.05, 3.63) is 35.2 Å². The molecule has 2 aromatic rings. The Kier molecular flexibility index (Phi) is 38.5. The van der Waals surface area contributed by atoms with Crippen LogP contribution in [0.1, 0.15) is 257 Å². The molecule has 11 saturated heterocycles. The summed E-state index contributed by atoms with van der Waals surface area (Å²) >= 11 is 2.11. The Morgan fingerprint density at radius 3 is 1.32 bits per heavy atom. The molecule has 0 radical (unpaired) electrons. The first-order chi connectivity index (χ1) is 52.2. The van der Waals surface area contributed by atoms with E-state index in [0.29, 0.717) is 58.9 Å². The lowest BCUT2D eigenvalue weighted by molar-refractivity contribution is -0.0788. The Bertz CT molecular complexity index is 2790. The lowest BCUT2D eigenvalue weighted by Crippen LogP contribution is -2.56. The van der Waals surface area contributed by atoms with Gasteiger partial charge in [0.1, 0.15) is 0 Å². The molecule has 11 aliphatic rings. The number of hydrogen-bond donors (Lipinski definition) is 1. The fourth-order valence-corrected chi connectivity index (χ4v) is 19.0. The number of ether oxygens (including phenoxy) is 4. The van der Waals surface area contributed by atoms with E-state index >= 15 is 0 Å². The fourth-order valence-electron chi connectivity index (χ4n) is 18.0. The Labute approximate surface area is 677 Å². The van der Waals surface area contributed by atoms with Crippen LogP contribution in [0, 0.1) is 29.2 Å². The van der Waals surface area contributed by atoms with Crippen LogP contribution in [0.15, 0.2) is 12.4 Å². The lowest BCUT2D eigenvalue weighted by atomic mass is 9.90. The summed E-state index contributed by atoms with van der Waals surface area (Å²) in [5, 5.41) is 21.0. The van der Waals surface area contributed by atoms with Crippen molar-refractivity contribution in [2.75, 3.05) is 202 Å². The smallest absolute Gasteiger partial charge is 0.215 e. The second-order valence-electron chi connectivity index (χ2n) is 41.0. The molecule has 0 spiro atoms. The zero-order valence-electron chi connectivity index (χ0n) is 74.2. The Balaban J connectivity index is 0.000000167. The van der Waals surface area contributed by atoms with E-state index in [0.717, 1.165) is 127 Å². The molecule has 11 aliphatic heterocycles. The highest BCUT2D eigenvalue weighted by Crippen LogP contribution is 2.32. The quantitative estimate of drug-likeness (QED) is 0.118. The summed E-state index contributed by atoms with van der Waals surface area (Å²) in [7, 11) is 2.27. The van der Waals surface area contributed by atoms with E-state index in [1.54, 1.807) is 0 Å². The summed E-state index contributed by atoms with van der Waals surface area (Å²) in [6.45, 7) is 79.7. The van der Waals surface area contributed by atoms with Crippen molar-refractivity contribution in [1.29, 1.82) is 0 Å². The van der Waals surface area contributed by atoms with Crippen molar-refractivity contribution in [2.45, 2.75) is 311 Å². The number of piperidine rings is 5. The number of rotatable bonds is 17. The van der Waals surface area contributed by atoms with Gasteiger partial charge in [-0.2, -0.15) is 11.8 Å². The number of piperazine rings is 1. The second kappa shape index (κ2) is 45.5. The molecule has 0 bridgehead atoms. The molecule has 1 N–H and O–H groups in total. The molecule has 22 heteroatoms. The highest BCUT2D eigenvalue weighted by Gasteiger charge is 2.36. The molecular weight excluding hydrogens is 1390 g/mol. The van der Waals surface area contributed by atoms with Gasteiger partial charge in [-0.05, 0) is 248 Å². The number of aromatic nitrogens is 6. The maximum atomic E-state index is 6.71.